The van der Waals surface area contributed by atoms with Crippen molar-refractivity contribution in [3.05, 3.63) is 51.9 Å². The number of H-pyrrole nitrogens is 1. The Bertz CT molecular complexity index is 891. The highest BCUT2D eigenvalue weighted by Gasteiger charge is 2.28. The van der Waals surface area contributed by atoms with Crippen LogP contribution in [0.25, 0.3) is 0 Å². The van der Waals surface area contributed by atoms with Gasteiger partial charge >= 0.3 is 0 Å². The first-order chi connectivity index (χ1) is 11.4. The van der Waals surface area contributed by atoms with Gasteiger partial charge in [0.1, 0.15) is 0 Å². The molecule has 2 heterocycles. The number of hydrogen-bond donors (Lipinski definition) is 1. The summed E-state index contributed by atoms with van der Waals surface area (Å²) in [7, 11) is 0.0388. The van der Waals surface area contributed by atoms with Gasteiger partial charge in [0.2, 0.25) is 16.0 Å². The summed E-state index contributed by atoms with van der Waals surface area (Å²) in [6.45, 7) is 0.587. The molecule has 1 aromatic heterocycles. The number of rotatable bonds is 3. The molecule has 0 amide bonds. The van der Waals surface area contributed by atoms with Crippen LogP contribution in [-0.2, 0) is 22.9 Å². The lowest BCUT2D eigenvalue weighted by molar-refractivity contribution is 0.426. The molecule has 1 N–H and O–H groups in total. The number of fused-ring (bicyclic) bond motifs is 1. The van der Waals surface area contributed by atoms with Crippen LogP contribution in [0.2, 0.25) is 0 Å². The number of sulfonamides is 1. The van der Waals surface area contributed by atoms with Gasteiger partial charge in [0.25, 0.3) is 5.56 Å². The van der Waals surface area contributed by atoms with Crippen molar-refractivity contribution in [2.45, 2.75) is 17.7 Å². The molecular weight excluding hydrogens is 328 g/mol. The summed E-state index contributed by atoms with van der Waals surface area (Å²) in [5, 5.41) is 0. The van der Waals surface area contributed by atoms with E-state index in [0.29, 0.717) is 36.6 Å². The van der Waals surface area contributed by atoms with E-state index in [9.17, 15) is 13.2 Å². The van der Waals surface area contributed by atoms with E-state index in [1.165, 1.54) is 4.31 Å². The van der Waals surface area contributed by atoms with Crippen molar-refractivity contribution < 1.29 is 8.42 Å². The molecule has 2 aromatic rings. The maximum absolute atomic E-state index is 12.8. The number of hydrogen-bond acceptors (Lipinski definition) is 5. The van der Waals surface area contributed by atoms with Crippen LogP contribution in [0.4, 0.5) is 5.95 Å². The van der Waals surface area contributed by atoms with E-state index in [4.69, 9.17) is 0 Å². The molecule has 0 unspecified atom stereocenters. The van der Waals surface area contributed by atoms with Crippen molar-refractivity contribution in [2.75, 3.05) is 32.1 Å². The molecule has 1 aliphatic rings. The summed E-state index contributed by atoms with van der Waals surface area (Å²) in [5.74, 6) is 0.484. The molecule has 0 spiro atoms. The Morgan fingerprint density at radius 1 is 1.12 bits per heavy atom. The summed E-state index contributed by atoms with van der Waals surface area (Å²) in [5.41, 5.74) is 1.06. The van der Waals surface area contributed by atoms with Gasteiger partial charge in [-0.3, -0.25) is 9.78 Å². The molecule has 1 aromatic carbocycles. The van der Waals surface area contributed by atoms with E-state index < -0.39 is 10.0 Å². The van der Waals surface area contributed by atoms with E-state index in [-0.39, 0.29) is 17.0 Å². The number of aromatic amines is 1. The molecule has 24 heavy (non-hydrogen) atoms. The molecule has 0 saturated carbocycles. The predicted octanol–water partition coefficient (Wildman–Crippen LogP) is 0.625. The van der Waals surface area contributed by atoms with E-state index in [1.54, 1.807) is 49.3 Å². The Labute approximate surface area is 141 Å². The topological polar surface area (TPSA) is 86.4 Å². The summed E-state index contributed by atoms with van der Waals surface area (Å²) in [6, 6.07) is 8.36. The van der Waals surface area contributed by atoms with Gasteiger partial charge in [-0.15, -0.1) is 0 Å². The van der Waals surface area contributed by atoms with Gasteiger partial charge in [-0.25, -0.2) is 13.4 Å². The maximum atomic E-state index is 12.8. The molecule has 0 aliphatic carbocycles. The highest BCUT2D eigenvalue weighted by Crippen LogP contribution is 2.20. The lowest BCUT2D eigenvalue weighted by atomic mass is 10.1. The fraction of sp³-hybridized carbons (Fsp3) is 0.375. The van der Waals surface area contributed by atoms with E-state index in [1.807, 2.05) is 0 Å². The maximum Gasteiger partial charge on any atom is 0.255 e. The van der Waals surface area contributed by atoms with Crippen LogP contribution in [-0.4, -0.2) is 49.9 Å². The first-order valence-corrected chi connectivity index (χ1v) is 9.18. The quantitative estimate of drug-likeness (QED) is 0.879. The second-order valence-electron chi connectivity index (χ2n) is 5.93. The average molecular weight is 348 g/mol. The predicted molar refractivity (Wildman–Crippen MR) is 91.8 cm³/mol. The Morgan fingerprint density at radius 3 is 2.46 bits per heavy atom. The Balaban J connectivity index is 1.91. The minimum atomic E-state index is -3.56. The van der Waals surface area contributed by atoms with Crippen molar-refractivity contribution in [1.82, 2.24) is 14.3 Å². The summed E-state index contributed by atoms with van der Waals surface area (Å²) in [6.07, 6.45) is 0.781. The Kier molecular flexibility index (Phi) is 4.42. The molecule has 0 radical (unpaired) electrons. The fourth-order valence-corrected chi connectivity index (χ4v) is 4.23. The first-order valence-electron chi connectivity index (χ1n) is 7.74. The standard InChI is InChI=1S/C16H20N4O3S/c1-19(2)16-17-14-9-11-20(10-8-13(14)15(21)18-16)24(22,23)12-6-4-3-5-7-12/h3-7H,8-11H2,1-2H3,(H,17,18,21). The normalized spacial score (nSPS) is 15.6. The van der Waals surface area contributed by atoms with E-state index in [2.05, 4.69) is 9.97 Å². The summed E-state index contributed by atoms with van der Waals surface area (Å²) in [4.78, 5) is 21.5. The third kappa shape index (κ3) is 3.07. The van der Waals surface area contributed by atoms with Gasteiger partial charge in [0.15, 0.2) is 0 Å². The molecule has 3 rings (SSSR count). The highest BCUT2D eigenvalue weighted by atomic mass is 32.2. The van der Waals surface area contributed by atoms with Crippen molar-refractivity contribution in [1.29, 1.82) is 0 Å². The van der Waals surface area contributed by atoms with E-state index in [0.717, 1.165) is 0 Å². The third-order valence-electron chi connectivity index (χ3n) is 4.10. The molecular formula is C16H20N4O3S. The van der Waals surface area contributed by atoms with Crippen LogP contribution >= 0.6 is 0 Å². The molecule has 8 heteroatoms. The van der Waals surface area contributed by atoms with Crippen molar-refractivity contribution in [3.8, 4) is 0 Å². The number of nitrogens with zero attached hydrogens (tertiary/aromatic N) is 3. The van der Waals surface area contributed by atoms with Crippen LogP contribution in [0.15, 0.2) is 40.0 Å². The third-order valence-corrected chi connectivity index (χ3v) is 6.02. The first kappa shape index (κ1) is 16.7. The number of aromatic nitrogens is 2. The Hall–Kier alpha value is -2.19. The zero-order chi connectivity index (χ0) is 17.3. The molecule has 0 atom stereocenters. The molecule has 128 valence electrons. The average Bonchev–Trinajstić information content (AvgIpc) is 2.79. The molecule has 0 saturated heterocycles. The molecule has 1 aliphatic heterocycles. The van der Waals surface area contributed by atoms with Crippen LogP contribution in [0, 0.1) is 0 Å². The minimum Gasteiger partial charge on any atom is -0.348 e. The number of benzene rings is 1. The lowest BCUT2D eigenvalue weighted by Gasteiger charge is -2.19. The van der Waals surface area contributed by atoms with Crippen LogP contribution in [0.1, 0.15) is 11.3 Å². The zero-order valence-electron chi connectivity index (χ0n) is 13.7. The van der Waals surface area contributed by atoms with Crippen LogP contribution < -0.4 is 10.5 Å². The minimum absolute atomic E-state index is 0.192. The monoisotopic (exact) mass is 348 g/mol. The second kappa shape index (κ2) is 6.37. The smallest absolute Gasteiger partial charge is 0.255 e. The molecule has 0 bridgehead atoms. The highest BCUT2D eigenvalue weighted by molar-refractivity contribution is 7.89. The summed E-state index contributed by atoms with van der Waals surface area (Å²) < 4.78 is 27.0. The van der Waals surface area contributed by atoms with Gasteiger partial charge in [-0.2, -0.15) is 4.31 Å². The van der Waals surface area contributed by atoms with Crippen molar-refractivity contribution >= 4 is 16.0 Å². The zero-order valence-corrected chi connectivity index (χ0v) is 14.5. The molecule has 0 fully saturated rings. The van der Waals surface area contributed by atoms with E-state index >= 15 is 0 Å². The number of anilines is 1. The fourth-order valence-electron chi connectivity index (χ4n) is 2.77. The second-order valence-corrected chi connectivity index (χ2v) is 7.86. The van der Waals surface area contributed by atoms with Crippen molar-refractivity contribution in [3.63, 3.8) is 0 Å². The molecule has 7 nitrogen and oxygen atoms in total. The van der Waals surface area contributed by atoms with Gasteiger partial charge < -0.3 is 4.90 Å². The Morgan fingerprint density at radius 2 is 1.79 bits per heavy atom. The van der Waals surface area contributed by atoms with Crippen LogP contribution in [0.5, 0.6) is 0 Å². The SMILES string of the molecule is CN(C)c1nc2c(c(=O)[nH]1)CCN(S(=O)(=O)c1ccccc1)CC2. The van der Waals surface area contributed by atoms with Crippen LogP contribution in [0.3, 0.4) is 0 Å². The van der Waals surface area contributed by atoms with Crippen molar-refractivity contribution in [2.24, 2.45) is 0 Å². The van der Waals surface area contributed by atoms with Gasteiger partial charge in [0.05, 0.1) is 10.6 Å². The van der Waals surface area contributed by atoms with Gasteiger partial charge in [-0.1, -0.05) is 18.2 Å². The van der Waals surface area contributed by atoms with Gasteiger partial charge in [-0.05, 0) is 18.6 Å². The largest absolute Gasteiger partial charge is 0.348 e. The number of nitrogens with one attached hydrogen (secondary N) is 1. The summed E-state index contributed by atoms with van der Waals surface area (Å²) >= 11 is 0. The lowest BCUT2D eigenvalue weighted by Crippen LogP contribution is -2.33. The van der Waals surface area contributed by atoms with Gasteiger partial charge in [0, 0.05) is 39.2 Å².